The number of H-pyrrole nitrogens is 1. The van der Waals surface area contributed by atoms with Crippen molar-refractivity contribution in [2.75, 3.05) is 11.9 Å². The van der Waals surface area contributed by atoms with Crippen LogP contribution in [0.15, 0.2) is 6.20 Å². The molecule has 6 nitrogen and oxygen atoms in total. The largest absolute Gasteiger partial charge is 0.476 e. The third kappa shape index (κ3) is 2.19. The van der Waals surface area contributed by atoms with Crippen LogP contribution in [0.2, 0.25) is 0 Å². The van der Waals surface area contributed by atoms with E-state index in [4.69, 9.17) is 10.2 Å². The van der Waals surface area contributed by atoms with Crippen molar-refractivity contribution in [3.05, 3.63) is 11.9 Å². The second-order valence-electron chi connectivity index (χ2n) is 2.69. The Hall–Kier alpha value is -1.56. The second kappa shape index (κ2) is 3.90. The fourth-order valence-corrected chi connectivity index (χ4v) is 0.870. The molecule has 0 spiro atoms. The highest BCUT2D eigenvalue weighted by Crippen LogP contribution is 2.12. The van der Waals surface area contributed by atoms with Gasteiger partial charge in [-0.05, 0) is 6.92 Å². The van der Waals surface area contributed by atoms with E-state index >= 15 is 0 Å². The van der Waals surface area contributed by atoms with Crippen molar-refractivity contribution >= 4 is 11.7 Å². The van der Waals surface area contributed by atoms with Gasteiger partial charge in [-0.3, -0.25) is 5.10 Å². The summed E-state index contributed by atoms with van der Waals surface area (Å²) >= 11 is 0. The lowest BCUT2D eigenvalue weighted by molar-refractivity contribution is 0.0691. The first kappa shape index (κ1) is 9.53. The average molecular weight is 185 g/mol. The van der Waals surface area contributed by atoms with E-state index in [-0.39, 0.29) is 18.3 Å². The number of nitrogens with one attached hydrogen (secondary N) is 2. The number of carboxylic acids is 1. The standard InChI is InChI=1S/C7H11N3O3/c1-4(3-11)9-5-2-8-10-6(5)7(12)13/h2,4,9,11H,3H2,1H3,(H,8,10)(H,12,13). The Morgan fingerprint density at radius 3 is 3.08 bits per heavy atom. The molecule has 0 aromatic carbocycles. The predicted molar refractivity (Wildman–Crippen MR) is 45.7 cm³/mol. The van der Waals surface area contributed by atoms with E-state index in [0.717, 1.165) is 0 Å². The maximum absolute atomic E-state index is 10.6. The van der Waals surface area contributed by atoms with Crippen molar-refractivity contribution in [2.24, 2.45) is 0 Å². The van der Waals surface area contributed by atoms with Crippen molar-refractivity contribution in [3.8, 4) is 0 Å². The zero-order valence-corrected chi connectivity index (χ0v) is 7.11. The Kier molecular flexibility index (Phi) is 2.86. The van der Waals surface area contributed by atoms with Crippen LogP contribution in [-0.2, 0) is 0 Å². The van der Waals surface area contributed by atoms with Crippen LogP contribution >= 0.6 is 0 Å². The summed E-state index contributed by atoms with van der Waals surface area (Å²) in [6, 6.07) is -0.198. The minimum Gasteiger partial charge on any atom is -0.476 e. The topological polar surface area (TPSA) is 98.2 Å². The van der Waals surface area contributed by atoms with Gasteiger partial charge >= 0.3 is 5.97 Å². The number of nitrogens with zero attached hydrogens (tertiary/aromatic N) is 1. The highest BCUT2D eigenvalue weighted by molar-refractivity contribution is 5.91. The maximum atomic E-state index is 10.6. The van der Waals surface area contributed by atoms with Gasteiger partial charge in [-0.1, -0.05) is 0 Å². The lowest BCUT2D eigenvalue weighted by Crippen LogP contribution is -2.20. The van der Waals surface area contributed by atoms with Gasteiger partial charge in [0.25, 0.3) is 0 Å². The van der Waals surface area contributed by atoms with Crippen molar-refractivity contribution in [3.63, 3.8) is 0 Å². The van der Waals surface area contributed by atoms with Gasteiger partial charge in [0.1, 0.15) is 0 Å². The van der Waals surface area contributed by atoms with Crippen LogP contribution in [0.25, 0.3) is 0 Å². The summed E-state index contributed by atoms with van der Waals surface area (Å²) in [5.41, 5.74) is 0.384. The zero-order valence-electron chi connectivity index (χ0n) is 7.11. The van der Waals surface area contributed by atoms with Gasteiger partial charge in [-0.25, -0.2) is 4.79 Å². The molecule has 1 aromatic heterocycles. The number of aromatic carboxylic acids is 1. The molecular weight excluding hydrogens is 174 g/mol. The van der Waals surface area contributed by atoms with Gasteiger partial charge in [0, 0.05) is 6.04 Å². The Morgan fingerprint density at radius 1 is 1.85 bits per heavy atom. The van der Waals surface area contributed by atoms with E-state index in [0.29, 0.717) is 5.69 Å². The Labute approximate surface area is 74.6 Å². The Morgan fingerprint density at radius 2 is 2.54 bits per heavy atom. The molecular formula is C7H11N3O3. The number of anilines is 1. The third-order valence-electron chi connectivity index (χ3n) is 1.53. The third-order valence-corrected chi connectivity index (χ3v) is 1.53. The van der Waals surface area contributed by atoms with Gasteiger partial charge in [-0.2, -0.15) is 5.10 Å². The van der Waals surface area contributed by atoms with E-state index in [2.05, 4.69) is 15.5 Å². The van der Waals surface area contributed by atoms with Crippen LogP contribution in [0.1, 0.15) is 17.4 Å². The van der Waals surface area contributed by atoms with Crippen molar-refractivity contribution in [2.45, 2.75) is 13.0 Å². The molecule has 1 heterocycles. The van der Waals surface area contributed by atoms with E-state index in [1.165, 1.54) is 6.20 Å². The molecule has 0 saturated carbocycles. The van der Waals surface area contributed by atoms with Crippen molar-refractivity contribution in [1.82, 2.24) is 10.2 Å². The number of carbonyl (C=O) groups is 1. The molecule has 1 atom stereocenters. The smallest absolute Gasteiger partial charge is 0.356 e. The summed E-state index contributed by atoms with van der Waals surface area (Å²) < 4.78 is 0. The Bertz CT molecular complexity index is 297. The number of hydrogen-bond donors (Lipinski definition) is 4. The van der Waals surface area contributed by atoms with E-state index < -0.39 is 5.97 Å². The molecule has 72 valence electrons. The van der Waals surface area contributed by atoms with E-state index in [1.807, 2.05) is 0 Å². The highest BCUT2D eigenvalue weighted by Gasteiger charge is 2.13. The summed E-state index contributed by atoms with van der Waals surface area (Å²) in [6.07, 6.45) is 1.37. The second-order valence-corrected chi connectivity index (χ2v) is 2.69. The number of aromatic nitrogens is 2. The minimum absolute atomic E-state index is 0.000278. The molecule has 0 radical (unpaired) electrons. The lowest BCUT2D eigenvalue weighted by Gasteiger charge is -2.10. The van der Waals surface area contributed by atoms with Crippen LogP contribution < -0.4 is 5.32 Å². The summed E-state index contributed by atoms with van der Waals surface area (Å²) in [5.74, 6) is -1.08. The molecule has 6 heteroatoms. The summed E-state index contributed by atoms with van der Waals surface area (Å²) in [7, 11) is 0. The molecule has 0 aliphatic carbocycles. The maximum Gasteiger partial charge on any atom is 0.356 e. The van der Waals surface area contributed by atoms with Gasteiger partial charge in [0.15, 0.2) is 5.69 Å². The molecule has 1 unspecified atom stereocenters. The SMILES string of the molecule is CC(CO)Nc1cn[nH]c1C(=O)O. The number of aliphatic hydroxyl groups excluding tert-OH is 1. The average Bonchev–Trinajstić information content (AvgIpc) is 2.52. The normalized spacial score (nSPS) is 12.5. The first-order valence-electron chi connectivity index (χ1n) is 3.79. The first-order valence-corrected chi connectivity index (χ1v) is 3.79. The van der Waals surface area contributed by atoms with Gasteiger partial charge in [0.05, 0.1) is 18.5 Å². The van der Waals surface area contributed by atoms with Gasteiger partial charge < -0.3 is 15.5 Å². The number of aromatic amines is 1. The van der Waals surface area contributed by atoms with Crippen LogP contribution in [0.5, 0.6) is 0 Å². The Balaban J connectivity index is 2.76. The summed E-state index contributed by atoms with van der Waals surface area (Å²) in [5, 5.41) is 26.1. The number of hydrogen-bond acceptors (Lipinski definition) is 4. The first-order chi connectivity index (χ1) is 6.15. The number of aliphatic hydroxyl groups is 1. The molecule has 4 N–H and O–H groups in total. The van der Waals surface area contributed by atoms with Gasteiger partial charge in [-0.15, -0.1) is 0 Å². The van der Waals surface area contributed by atoms with Gasteiger partial charge in [0.2, 0.25) is 0 Å². The zero-order chi connectivity index (χ0) is 9.84. The fraction of sp³-hybridized carbons (Fsp3) is 0.429. The number of carboxylic acid groups (broad SMARTS) is 1. The molecule has 0 amide bonds. The minimum atomic E-state index is -1.08. The molecule has 0 aliphatic rings. The molecule has 13 heavy (non-hydrogen) atoms. The summed E-state index contributed by atoms with van der Waals surface area (Å²) in [6.45, 7) is 1.67. The molecule has 0 fully saturated rings. The van der Waals surface area contributed by atoms with Crippen molar-refractivity contribution < 1.29 is 15.0 Å². The highest BCUT2D eigenvalue weighted by atomic mass is 16.4. The molecule has 0 aliphatic heterocycles. The molecule has 0 bridgehead atoms. The molecule has 1 aromatic rings. The van der Waals surface area contributed by atoms with Crippen LogP contribution in [-0.4, -0.2) is 39.0 Å². The van der Waals surface area contributed by atoms with Crippen LogP contribution in [0.3, 0.4) is 0 Å². The van der Waals surface area contributed by atoms with Crippen LogP contribution in [0.4, 0.5) is 5.69 Å². The quantitative estimate of drug-likeness (QED) is 0.525. The molecule has 0 saturated heterocycles. The number of rotatable bonds is 4. The van der Waals surface area contributed by atoms with E-state index in [9.17, 15) is 4.79 Å². The monoisotopic (exact) mass is 185 g/mol. The fourth-order valence-electron chi connectivity index (χ4n) is 0.870. The predicted octanol–water partition coefficient (Wildman–Crippen LogP) is -0.0994. The van der Waals surface area contributed by atoms with Crippen molar-refractivity contribution in [1.29, 1.82) is 0 Å². The molecule has 1 rings (SSSR count). The summed E-state index contributed by atoms with van der Waals surface area (Å²) in [4.78, 5) is 10.6. The van der Waals surface area contributed by atoms with Crippen LogP contribution in [0, 0.1) is 0 Å². The van der Waals surface area contributed by atoms with E-state index in [1.54, 1.807) is 6.92 Å². The lowest BCUT2D eigenvalue weighted by atomic mass is 10.3.